The van der Waals surface area contributed by atoms with Crippen molar-refractivity contribution in [3.63, 3.8) is 0 Å². The first-order chi connectivity index (χ1) is 18.0. The second-order valence-corrected chi connectivity index (χ2v) is 10.1. The zero-order valence-electron chi connectivity index (χ0n) is 22.0. The lowest BCUT2D eigenvalue weighted by Gasteiger charge is -2.36. The van der Waals surface area contributed by atoms with E-state index in [0.29, 0.717) is 71.1 Å². The number of carbonyl (C=O) groups excluding carboxylic acids is 2. The maximum Gasteiger partial charge on any atom is 0.416 e. The van der Waals surface area contributed by atoms with Gasteiger partial charge in [0.05, 0.1) is 18.8 Å². The van der Waals surface area contributed by atoms with Gasteiger partial charge in [-0.05, 0) is 44.0 Å². The van der Waals surface area contributed by atoms with Crippen molar-refractivity contribution in [3.8, 4) is 0 Å². The number of halogens is 3. The topological polar surface area (TPSA) is 80.1 Å². The van der Waals surface area contributed by atoms with Crippen molar-refractivity contribution < 1.29 is 32.2 Å². The van der Waals surface area contributed by atoms with Gasteiger partial charge in [-0.2, -0.15) is 23.0 Å². The molecule has 1 aromatic heterocycles. The average molecular weight is 538 g/mol. The van der Waals surface area contributed by atoms with Gasteiger partial charge in [-0.3, -0.25) is 4.90 Å². The van der Waals surface area contributed by atoms with Crippen molar-refractivity contribution in [2.45, 2.75) is 45.5 Å². The van der Waals surface area contributed by atoms with Crippen molar-refractivity contribution >= 4 is 17.7 Å². The Bertz CT molecular complexity index is 1140. The molecule has 0 aliphatic carbocycles. The van der Waals surface area contributed by atoms with E-state index in [2.05, 4.69) is 10.00 Å². The van der Waals surface area contributed by atoms with Crippen LogP contribution in [0.5, 0.6) is 0 Å². The summed E-state index contributed by atoms with van der Waals surface area (Å²) in [5.74, 6) is -0.583. The van der Waals surface area contributed by atoms with Crippen LogP contribution < -0.4 is 4.90 Å². The molecular weight excluding hydrogens is 503 g/mol. The number of anilines is 1. The number of esters is 1. The largest absolute Gasteiger partial charge is 0.455 e. The third-order valence-corrected chi connectivity index (χ3v) is 7.02. The van der Waals surface area contributed by atoms with Gasteiger partial charge in [0.25, 0.3) is 0 Å². The van der Waals surface area contributed by atoms with Crippen LogP contribution in [0.1, 0.15) is 48.8 Å². The maximum absolute atomic E-state index is 13.4. The van der Waals surface area contributed by atoms with Crippen LogP contribution in [-0.2, 0) is 22.2 Å². The van der Waals surface area contributed by atoms with Gasteiger partial charge >= 0.3 is 18.2 Å². The summed E-state index contributed by atoms with van der Waals surface area (Å²) in [5.41, 5.74) is 0.153. The number of piperazine rings is 1. The quantitative estimate of drug-likeness (QED) is 0.518. The van der Waals surface area contributed by atoms with Crippen LogP contribution in [-0.4, -0.2) is 89.7 Å². The third kappa shape index (κ3) is 6.65. The molecule has 2 aromatic rings. The summed E-state index contributed by atoms with van der Waals surface area (Å²) in [6.45, 7) is 9.96. The molecule has 2 fully saturated rings. The van der Waals surface area contributed by atoms with Crippen molar-refractivity contribution in [1.82, 2.24) is 19.6 Å². The lowest BCUT2D eigenvalue weighted by atomic mass is 10.1. The minimum absolute atomic E-state index is 0.0662. The molecule has 0 spiro atoms. The number of ether oxygens (including phenoxy) is 2. The van der Waals surface area contributed by atoms with Gasteiger partial charge in [0.1, 0.15) is 5.60 Å². The highest BCUT2D eigenvalue weighted by Gasteiger charge is 2.32. The molecule has 0 unspecified atom stereocenters. The number of carbonyl (C=O) groups is 2. The van der Waals surface area contributed by atoms with Gasteiger partial charge in [0.2, 0.25) is 0 Å². The van der Waals surface area contributed by atoms with Crippen LogP contribution in [0.25, 0.3) is 0 Å². The Hall–Kier alpha value is -3.12. The Morgan fingerprint density at radius 2 is 1.71 bits per heavy atom. The molecule has 4 rings (SSSR count). The number of amides is 1. The maximum atomic E-state index is 13.4. The Morgan fingerprint density at radius 3 is 2.34 bits per heavy atom. The van der Waals surface area contributed by atoms with Crippen molar-refractivity contribution in [1.29, 1.82) is 0 Å². The Balaban J connectivity index is 1.38. The SMILES string of the molecule is CCC(C)(C)OC(=O)c1ccn(C(=O)N2CCN(Cc3ccc(C(F)(F)F)cc3N3CCOCC3)CC2)n1. The molecule has 0 bridgehead atoms. The van der Waals surface area contributed by atoms with E-state index in [-0.39, 0.29) is 11.7 Å². The molecule has 0 atom stereocenters. The molecule has 208 valence electrons. The highest BCUT2D eigenvalue weighted by atomic mass is 19.4. The number of aromatic nitrogens is 2. The van der Waals surface area contributed by atoms with Crippen LogP contribution in [0.15, 0.2) is 30.5 Å². The molecule has 2 aliphatic rings. The predicted octanol–water partition coefficient (Wildman–Crippen LogP) is 3.87. The summed E-state index contributed by atoms with van der Waals surface area (Å²) in [5, 5.41) is 4.11. The molecule has 2 aliphatic heterocycles. The van der Waals surface area contributed by atoms with Gasteiger partial charge in [0, 0.05) is 57.7 Å². The Labute approximate surface area is 220 Å². The first-order valence-corrected chi connectivity index (χ1v) is 12.8. The van der Waals surface area contributed by atoms with E-state index in [1.165, 1.54) is 18.3 Å². The molecule has 0 N–H and O–H groups in total. The van der Waals surface area contributed by atoms with Crippen LogP contribution in [0.3, 0.4) is 0 Å². The van der Waals surface area contributed by atoms with E-state index in [1.54, 1.807) is 24.8 Å². The summed E-state index contributed by atoms with van der Waals surface area (Å²) >= 11 is 0. The van der Waals surface area contributed by atoms with E-state index < -0.39 is 23.3 Å². The van der Waals surface area contributed by atoms with Gasteiger partial charge in [-0.25, -0.2) is 9.59 Å². The average Bonchev–Trinajstić information content (AvgIpc) is 3.39. The monoisotopic (exact) mass is 537 g/mol. The molecule has 0 radical (unpaired) electrons. The number of hydrogen-bond donors (Lipinski definition) is 0. The highest BCUT2D eigenvalue weighted by molar-refractivity contribution is 5.88. The molecule has 2 saturated heterocycles. The molecule has 1 aromatic carbocycles. The minimum atomic E-state index is -4.42. The smallest absolute Gasteiger partial charge is 0.416 e. The number of alkyl halides is 3. The normalized spacial score (nSPS) is 17.5. The van der Waals surface area contributed by atoms with E-state index in [0.717, 1.165) is 16.3 Å². The summed E-state index contributed by atoms with van der Waals surface area (Å²) < 4.78 is 52.1. The van der Waals surface area contributed by atoms with Crippen molar-refractivity contribution in [3.05, 3.63) is 47.3 Å². The second-order valence-electron chi connectivity index (χ2n) is 10.1. The van der Waals surface area contributed by atoms with Gasteiger partial charge in [-0.15, -0.1) is 0 Å². The number of morpholine rings is 1. The van der Waals surface area contributed by atoms with Crippen molar-refractivity contribution in [2.24, 2.45) is 0 Å². The Morgan fingerprint density at radius 1 is 1.03 bits per heavy atom. The summed E-state index contributed by atoms with van der Waals surface area (Å²) in [6.07, 6.45) is -2.33. The van der Waals surface area contributed by atoms with Crippen LogP contribution in [0.4, 0.5) is 23.7 Å². The molecule has 12 heteroatoms. The van der Waals surface area contributed by atoms with Gasteiger partial charge in [-0.1, -0.05) is 13.0 Å². The fraction of sp³-hybridized carbons (Fsp3) is 0.577. The first kappa shape index (κ1) is 27.9. The molecule has 3 heterocycles. The molecule has 9 nitrogen and oxygen atoms in total. The highest BCUT2D eigenvalue weighted by Crippen LogP contribution is 2.34. The number of hydrogen-bond acceptors (Lipinski definition) is 7. The zero-order valence-corrected chi connectivity index (χ0v) is 22.0. The molecule has 1 amide bonds. The lowest BCUT2D eigenvalue weighted by Crippen LogP contribution is -2.49. The van der Waals surface area contributed by atoms with Crippen LogP contribution >= 0.6 is 0 Å². The van der Waals surface area contributed by atoms with E-state index >= 15 is 0 Å². The number of benzene rings is 1. The fourth-order valence-electron chi connectivity index (χ4n) is 4.37. The zero-order chi connectivity index (χ0) is 27.5. The van der Waals surface area contributed by atoms with Gasteiger partial charge < -0.3 is 19.3 Å². The Kier molecular flexibility index (Phi) is 8.31. The fourth-order valence-corrected chi connectivity index (χ4v) is 4.37. The van der Waals surface area contributed by atoms with E-state index in [9.17, 15) is 22.8 Å². The van der Waals surface area contributed by atoms with Crippen molar-refractivity contribution in [2.75, 3.05) is 57.4 Å². The standard InChI is InChI=1S/C26H34F3N5O4/c1-4-25(2,3)38-23(35)21-7-8-34(30-21)24(36)33-11-9-31(10-12-33)18-19-5-6-20(26(27,28)29)17-22(19)32-13-15-37-16-14-32/h5-8,17H,4,9-16,18H2,1-3H3. The number of rotatable bonds is 6. The minimum Gasteiger partial charge on any atom is -0.455 e. The molecule has 38 heavy (non-hydrogen) atoms. The predicted molar refractivity (Wildman–Crippen MR) is 134 cm³/mol. The molecule has 0 saturated carbocycles. The van der Waals surface area contributed by atoms with Gasteiger partial charge in [0.15, 0.2) is 5.69 Å². The summed E-state index contributed by atoms with van der Waals surface area (Å²) in [6, 6.07) is 5.01. The first-order valence-electron chi connectivity index (χ1n) is 12.8. The lowest BCUT2D eigenvalue weighted by molar-refractivity contribution is -0.137. The van der Waals surface area contributed by atoms with E-state index in [4.69, 9.17) is 9.47 Å². The third-order valence-electron chi connectivity index (χ3n) is 7.02. The van der Waals surface area contributed by atoms with E-state index in [1.807, 2.05) is 11.8 Å². The number of nitrogens with zero attached hydrogens (tertiary/aromatic N) is 5. The summed E-state index contributed by atoms with van der Waals surface area (Å²) in [4.78, 5) is 31.0. The van der Waals surface area contributed by atoms with Crippen LogP contribution in [0.2, 0.25) is 0 Å². The van der Waals surface area contributed by atoms with Crippen LogP contribution in [0, 0.1) is 0 Å². The molecular formula is C26H34F3N5O4. The second kappa shape index (κ2) is 11.3. The summed E-state index contributed by atoms with van der Waals surface area (Å²) in [7, 11) is 0.